The van der Waals surface area contributed by atoms with E-state index >= 15 is 0 Å². The number of carbonyl (C=O) groups is 1. The Balaban J connectivity index is 1.69. The third kappa shape index (κ3) is 4.66. The van der Waals surface area contributed by atoms with Crippen LogP contribution in [-0.4, -0.2) is 66.7 Å². The second kappa shape index (κ2) is 7.56. The van der Waals surface area contributed by atoms with E-state index in [1.165, 1.54) is 25.7 Å². The van der Waals surface area contributed by atoms with Crippen LogP contribution in [0.4, 0.5) is 0 Å². The summed E-state index contributed by atoms with van der Waals surface area (Å²) in [5, 5.41) is 0. The minimum Gasteiger partial charge on any atom is -0.465 e. The van der Waals surface area contributed by atoms with Crippen molar-refractivity contribution in [1.29, 1.82) is 0 Å². The highest BCUT2D eigenvalue weighted by Gasteiger charge is 2.31. The van der Waals surface area contributed by atoms with Gasteiger partial charge in [-0.1, -0.05) is 12.8 Å². The Hall–Kier alpha value is -0.650. The zero-order valence-electron chi connectivity index (χ0n) is 13.6. The summed E-state index contributed by atoms with van der Waals surface area (Å²) in [4.78, 5) is 16.9. The molecule has 0 aromatic carbocycles. The molecule has 1 atom stereocenters. The number of carbonyl (C=O) groups excluding carboxylic acids is 1. The number of nitrogens with zero attached hydrogens (tertiary/aromatic N) is 2. The maximum Gasteiger partial charge on any atom is 0.325 e. The first-order valence-corrected chi connectivity index (χ1v) is 8.45. The predicted molar refractivity (Wildman–Crippen MR) is 84.1 cm³/mol. The van der Waals surface area contributed by atoms with E-state index in [0.717, 1.165) is 38.8 Å². The van der Waals surface area contributed by atoms with Gasteiger partial charge in [-0.3, -0.25) is 9.69 Å². The van der Waals surface area contributed by atoms with Gasteiger partial charge in [-0.05, 0) is 33.1 Å². The lowest BCUT2D eigenvalue weighted by molar-refractivity contribution is -0.149. The molecule has 2 fully saturated rings. The zero-order chi connectivity index (χ0) is 15.3. The van der Waals surface area contributed by atoms with Crippen molar-refractivity contribution >= 4 is 5.97 Å². The fourth-order valence-corrected chi connectivity index (χ4v) is 3.41. The van der Waals surface area contributed by atoms with E-state index < -0.39 is 5.54 Å². The van der Waals surface area contributed by atoms with Crippen molar-refractivity contribution in [2.24, 2.45) is 5.73 Å². The number of nitrogens with two attached hydrogens (primary N) is 1. The Morgan fingerprint density at radius 2 is 1.86 bits per heavy atom. The van der Waals surface area contributed by atoms with E-state index in [1.807, 2.05) is 6.92 Å². The molecule has 5 heteroatoms. The molecule has 1 unspecified atom stereocenters. The quantitative estimate of drug-likeness (QED) is 0.747. The van der Waals surface area contributed by atoms with Crippen molar-refractivity contribution in [2.75, 3.05) is 39.3 Å². The van der Waals surface area contributed by atoms with Gasteiger partial charge < -0.3 is 15.4 Å². The van der Waals surface area contributed by atoms with Gasteiger partial charge in [0.2, 0.25) is 0 Å². The summed E-state index contributed by atoms with van der Waals surface area (Å²) in [5.74, 6) is -0.283. The molecule has 2 aliphatic rings. The van der Waals surface area contributed by atoms with Crippen LogP contribution in [0.25, 0.3) is 0 Å². The van der Waals surface area contributed by atoms with Crippen molar-refractivity contribution in [3.8, 4) is 0 Å². The molecule has 1 aliphatic heterocycles. The van der Waals surface area contributed by atoms with Gasteiger partial charge in [-0.15, -0.1) is 0 Å². The topological polar surface area (TPSA) is 58.8 Å². The molecule has 0 amide bonds. The lowest BCUT2D eigenvalue weighted by Gasteiger charge is -2.38. The van der Waals surface area contributed by atoms with Crippen molar-refractivity contribution in [3.05, 3.63) is 0 Å². The summed E-state index contributed by atoms with van der Waals surface area (Å²) < 4.78 is 5.04. The van der Waals surface area contributed by atoms with Gasteiger partial charge in [0.25, 0.3) is 0 Å². The molecule has 2 rings (SSSR count). The fourth-order valence-electron chi connectivity index (χ4n) is 3.41. The highest BCUT2D eigenvalue weighted by molar-refractivity contribution is 5.79. The minimum atomic E-state index is -0.863. The van der Waals surface area contributed by atoms with Gasteiger partial charge in [-0.2, -0.15) is 0 Å². The maximum atomic E-state index is 11.8. The molecule has 5 nitrogen and oxygen atoms in total. The molecule has 1 saturated carbocycles. The summed E-state index contributed by atoms with van der Waals surface area (Å²) in [6, 6.07) is 0.825. The Kier molecular flexibility index (Phi) is 6.02. The van der Waals surface area contributed by atoms with Crippen LogP contribution in [0.3, 0.4) is 0 Å². The number of hydrogen-bond acceptors (Lipinski definition) is 5. The Morgan fingerprint density at radius 3 is 2.43 bits per heavy atom. The summed E-state index contributed by atoms with van der Waals surface area (Å²) >= 11 is 0. The number of hydrogen-bond donors (Lipinski definition) is 1. The SMILES string of the molecule is CCOC(=O)C(C)(N)CCN1CCN(C2CCCC2)CC1. The van der Waals surface area contributed by atoms with Crippen LogP contribution in [0.5, 0.6) is 0 Å². The molecular weight excluding hydrogens is 266 g/mol. The van der Waals surface area contributed by atoms with Crippen LogP contribution < -0.4 is 5.73 Å². The van der Waals surface area contributed by atoms with Gasteiger partial charge in [-0.25, -0.2) is 0 Å². The normalized spacial score (nSPS) is 24.9. The Morgan fingerprint density at radius 1 is 1.24 bits per heavy atom. The van der Waals surface area contributed by atoms with Crippen molar-refractivity contribution < 1.29 is 9.53 Å². The highest BCUT2D eigenvalue weighted by Crippen LogP contribution is 2.24. The molecule has 1 aliphatic carbocycles. The van der Waals surface area contributed by atoms with Crippen LogP contribution in [0, 0.1) is 0 Å². The third-order valence-corrected chi connectivity index (χ3v) is 4.94. The highest BCUT2D eigenvalue weighted by atomic mass is 16.5. The standard InChI is InChI=1S/C16H31N3O2/c1-3-21-15(20)16(2,17)8-9-18-10-12-19(13-11-18)14-6-4-5-7-14/h14H,3-13,17H2,1-2H3. The second-order valence-corrected chi connectivity index (χ2v) is 6.70. The minimum absolute atomic E-state index is 0.283. The van der Waals surface area contributed by atoms with Crippen LogP contribution in [0.15, 0.2) is 0 Å². The molecule has 0 aromatic heterocycles. The van der Waals surface area contributed by atoms with Crippen molar-refractivity contribution in [1.82, 2.24) is 9.80 Å². The van der Waals surface area contributed by atoms with Crippen molar-refractivity contribution in [3.63, 3.8) is 0 Å². The number of rotatable bonds is 6. The summed E-state index contributed by atoms with van der Waals surface area (Å²) in [6.07, 6.45) is 6.22. The van der Waals surface area contributed by atoms with Crippen LogP contribution in [0.2, 0.25) is 0 Å². The monoisotopic (exact) mass is 297 g/mol. The fraction of sp³-hybridized carbons (Fsp3) is 0.938. The van der Waals surface area contributed by atoms with Crippen LogP contribution >= 0.6 is 0 Å². The summed E-state index contributed by atoms with van der Waals surface area (Å²) in [5.41, 5.74) is 5.22. The Bertz CT molecular complexity index is 332. The first-order valence-electron chi connectivity index (χ1n) is 8.45. The lowest BCUT2D eigenvalue weighted by atomic mass is 9.99. The molecule has 122 valence electrons. The number of esters is 1. The molecule has 1 heterocycles. The van der Waals surface area contributed by atoms with Gasteiger partial charge in [0.1, 0.15) is 5.54 Å². The molecular formula is C16H31N3O2. The smallest absolute Gasteiger partial charge is 0.325 e. The van der Waals surface area contributed by atoms with E-state index in [-0.39, 0.29) is 5.97 Å². The van der Waals surface area contributed by atoms with Gasteiger partial charge in [0.15, 0.2) is 0 Å². The van der Waals surface area contributed by atoms with E-state index in [0.29, 0.717) is 13.0 Å². The van der Waals surface area contributed by atoms with E-state index in [4.69, 9.17) is 10.5 Å². The first kappa shape index (κ1) is 16.7. The summed E-state index contributed by atoms with van der Waals surface area (Å²) in [7, 11) is 0. The largest absolute Gasteiger partial charge is 0.465 e. The molecule has 0 spiro atoms. The third-order valence-electron chi connectivity index (χ3n) is 4.94. The van der Waals surface area contributed by atoms with E-state index in [9.17, 15) is 4.79 Å². The van der Waals surface area contributed by atoms with Crippen LogP contribution in [-0.2, 0) is 9.53 Å². The zero-order valence-corrected chi connectivity index (χ0v) is 13.6. The maximum absolute atomic E-state index is 11.8. The molecule has 0 bridgehead atoms. The van der Waals surface area contributed by atoms with Crippen molar-refractivity contribution in [2.45, 2.75) is 57.5 Å². The molecule has 2 N–H and O–H groups in total. The summed E-state index contributed by atoms with van der Waals surface area (Å²) in [6.45, 7) is 9.37. The van der Waals surface area contributed by atoms with Gasteiger partial charge in [0.05, 0.1) is 6.61 Å². The molecule has 1 saturated heterocycles. The average Bonchev–Trinajstić information content (AvgIpc) is 3.00. The lowest BCUT2D eigenvalue weighted by Crippen LogP contribution is -2.53. The molecule has 0 radical (unpaired) electrons. The number of ether oxygens (including phenoxy) is 1. The van der Waals surface area contributed by atoms with Crippen LogP contribution in [0.1, 0.15) is 46.0 Å². The van der Waals surface area contributed by atoms with E-state index in [2.05, 4.69) is 9.80 Å². The second-order valence-electron chi connectivity index (χ2n) is 6.70. The van der Waals surface area contributed by atoms with Gasteiger partial charge >= 0.3 is 5.97 Å². The number of piperazine rings is 1. The predicted octanol–water partition coefficient (Wildman–Crippen LogP) is 1.22. The first-order chi connectivity index (χ1) is 10.0. The average molecular weight is 297 g/mol. The molecule has 0 aromatic rings. The van der Waals surface area contributed by atoms with Gasteiger partial charge in [0, 0.05) is 38.8 Å². The molecule has 21 heavy (non-hydrogen) atoms. The van der Waals surface area contributed by atoms with E-state index in [1.54, 1.807) is 6.92 Å². The Labute approximate surface area is 128 Å².